The van der Waals surface area contributed by atoms with Crippen LogP contribution in [0.15, 0.2) is 51.8 Å². The molecule has 0 fully saturated rings. The highest BCUT2D eigenvalue weighted by atomic mass is 79.9. The summed E-state index contributed by atoms with van der Waals surface area (Å²) in [6, 6.07) is 12.9. The smallest absolute Gasteiger partial charge is 0.242 e. The van der Waals surface area contributed by atoms with Crippen LogP contribution in [-0.4, -0.2) is 20.9 Å². The van der Waals surface area contributed by atoms with Gasteiger partial charge in [-0.1, -0.05) is 28.1 Å². The van der Waals surface area contributed by atoms with Crippen molar-refractivity contribution in [3.05, 3.63) is 58.1 Å². The number of nitriles is 1. The Kier molecular flexibility index (Phi) is 5.72. The fourth-order valence-corrected chi connectivity index (χ4v) is 3.34. The Morgan fingerprint density at radius 3 is 2.62 bits per heavy atom. The van der Waals surface area contributed by atoms with Crippen molar-refractivity contribution in [2.24, 2.45) is 0 Å². The van der Waals surface area contributed by atoms with Crippen molar-refractivity contribution in [3.8, 4) is 6.07 Å². The molecule has 0 heterocycles. The number of nitrogens with one attached hydrogen (secondary N) is 2. The SMILES string of the molecule is Cc1cc(NC(=O)CNS(=O)(=O)c2ccccc2C#N)ccc1Br. The van der Waals surface area contributed by atoms with Gasteiger partial charge in [-0.2, -0.15) is 5.26 Å². The first-order valence-corrected chi connectivity index (χ1v) is 9.16. The van der Waals surface area contributed by atoms with Crippen LogP contribution < -0.4 is 10.0 Å². The van der Waals surface area contributed by atoms with Crippen LogP contribution in [0.2, 0.25) is 0 Å². The van der Waals surface area contributed by atoms with Crippen LogP contribution in [-0.2, 0) is 14.8 Å². The van der Waals surface area contributed by atoms with E-state index >= 15 is 0 Å². The number of carbonyl (C=O) groups excluding carboxylic acids is 1. The first kappa shape index (κ1) is 18.1. The minimum absolute atomic E-state index is 0.0222. The van der Waals surface area contributed by atoms with Crippen LogP contribution in [0.25, 0.3) is 0 Å². The second-order valence-electron chi connectivity index (χ2n) is 4.94. The second-order valence-corrected chi connectivity index (χ2v) is 7.53. The molecule has 2 aromatic carbocycles. The zero-order valence-corrected chi connectivity index (χ0v) is 15.1. The fraction of sp³-hybridized carbons (Fsp3) is 0.125. The highest BCUT2D eigenvalue weighted by Crippen LogP contribution is 2.20. The Hall–Kier alpha value is -2.21. The molecule has 24 heavy (non-hydrogen) atoms. The molecule has 0 unspecified atom stereocenters. The van der Waals surface area contributed by atoms with Crippen molar-refractivity contribution in [2.75, 3.05) is 11.9 Å². The maximum Gasteiger partial charge on any atom is 0.242 e. The third-order valence-electron chi connectivity index (χ3n) is 3.16. The summed E-state index contributed by atoms with van der Waals surface area (Å²) < 4.78 is 27.5. The first-order valence-electron chi connectivity index (χ1n) is 6.88. The molecule has 0 aliphatic heterocycles. The van der Waals surface area contributed by atoms with Gasteiger partial charge in [0.1, 0.15) is 6.07 Å². The Balaban J connectivity index is 2.05. The molecule has 0 atom stereocenters. The predicted octanol–water partition coefficient (Wildman–Crippen LogP) is 2.55. The Bertz CT molecular complexity index is 920. The first-order chi connectivity index (χ1) is 11.3. The Labute approximate surface area is 148 Å². The zero-order valence-electron chi connectivity index (χ0n) is 12.7. The van der Waals surface area contributed by atoms with Crippen molar-refractivity contribution in [1.82, 2.24) is 4.72 Å². The number of hydrogen-bond acceptors (Lipinski definition) is 4. The molecule has 0 aliphatic carbocycles. The van der Waals surface area contributed by atoms with E-state index in [2.05, 4.69) is 26.0 Å². The molecule has 0 radical (unpaired) electrons. The normalized spacial score (nSPS) is 10.9. The summed E-state index contributed by atoms with van der Waals surface area (Å²) in [5.41, 5.74) is 1.53. The maximum atomic E-state index is 12.2. The minimum Gasteiger partial charge on any atom is -0.325 e. The highest BCUT2D eigenvalue weighted by Gasteiger charge is 2.19. The molecule has 0 aromatic heterocycles. The highest BCUT2D eigenvalue weighted by molar-refractivity contribution is 9.10. The maximum absolute atomic E-state index is 12.2. The molecular weight excluding hydrogens is 394 g/mol. The Morgan fingerprint density at radius 1 is 1.25 bits per heavy atom. The van der Waals surface area contributed by atoms with E-state index in [1.807, 2.05) is 13.0 Å². The van der Waals surface area contributed by atoms with E-state index in [0.717, 1.165) is 10.0 Å². The standard InChI is InChI=1S/C16H14BrN3O3S/c1-11-8-13(6-7-14(11)17)20-16(21)10-19-24(22,23)15-5-3-2-4-12(15)9-18/h2-8,19H,10H2,1H3,(H,20,21). The number of anilines is 1. The monoisotopic (exact) mass is 407 g/mol. The number of benzene rings is 2. The lowest BCUT2D eigenvalue weighted by Crippen LogP contribution is -2.33. The summed E-state index contributed by atoms with van der Waals surface area (Å²) in [5.74, 6) is -0.505. The topological polar surface area (TPSA) is 99.1 Å². The lowest BCUT2D eigenvalue weighted by Gasteiger charge is -2.09. The van der Waals surface area contributed by atoms with Crippen molar-refractivity contribution in [1.29, 1.82) is 5.26 Å². The number of aryl methyl sites for hydroxylation is 1. The fourth-order valence-electron chi connectivity index (χ4n) is 1.96. The van der Waals surface area contributed by atoms with Gasteiger partial charge in [-0.15, -0.1) is 0 Å². The molecule has 6 nitrogen and oxygen atoms in total. The molecule has 2 aromatic rings. The van der Waals surface area contributed by atoms with E-state index < -0.39 is 22.5 Å². The number of halogens is 1. The van der Waals surface area contributed by atoms with Crippen LogP contribution in [0.3, 0.4) is 0 Å². The van der Waals surface area contributed by atoms with Crippen molar-refractivity contribution < 1.29 is 13.2 Å². The number of sulfonamides is 1. The van der Waals surface area contributed by atoms with Crippen LogP contribution in [0, 0.1) is 18.3 Å². The van der Waals surface area contributed by atoms with E-state index in [9.17, 15) is 13.2 Å². The lowest BCUT2D eigenvalue weighted by molar-refractivity contribution is -0.115. The zero-order chi connectivity index (χ0) is 17.7. The van der Waals surface area contributed by atoms with E-state index in [4.69, 9.17) is 5.26 Å². The summed E-state index contributed by atoms with van der Waals surface area (Å²) in [7, 11) is -3.95. The minimum atomic E-state index is -3.95. The number of nitrogens with zero attached hydrogens (tertiary/aromatic N) is 1. The van der Waals surface area contributed by atoms with Gasteiger partial charge in [-0.05, 0) is 42.8 Å². The third kappa shape index (κ3) is 4.41. The van der Waals surface area contributed by atoms with Gasteiger partial charge >= 0.3 is 0 Å². The van der Waals surface area contributed by atoms with Gasteiger partial charge in [-0.25, -0.2) is 13.1 Å². The average molecular weight is 408 g/mol. The van der Waals surface area contributed by atoms with Gasteiger partial charge in [0.25, 0.3) is 0 Å². The molecule has 0 aliphatic rings. The summed E-state index contributed by atoms with van der Waals surface area (Å²) in [6.45, 7) is 1.44. The van der Waals surface area contributed by atoms with Crippen LogP contribution in [0.4, 0.5) is 5.69 Å². The van der Waals surface area contributed by atoms with Gasteiger partial charge in [-0.3, -0.25) is 4.79 Å². The van der Waals surface area contributed by atoms with Gasteiger partial charge in [0.2, 0.25) is 15.9 Å². The van der Waals surface area contributed by atoms with E-state index in [1.165, 1.54) is 18.2 Å². The van der Waals surface area contributed by atoms with Gasteiger partial charge in [0, 0.05) is 10.2 Å². The molecule has 2 rings (SSSR count). The molecule has 1 amide bonds. The van der Waals surface area contributed by atoms with Gasteiger partial charge in [0.05, 0.1) is 17.0 Å². The van der Waals surface area contributed by atoms with Crippen LogP contribution in [0.1, 0.15) is 11.1 Å². The summed E-state index contributed by atoms with van der Waals surface area (Å²) in [6.07, 6.45) is 0. The van der Waals surface area contributed by atoms with Crippen LogP contribution in [0.5, 0.6) is 0 Å². The summed E-state index contributed by atoms with van der Waals surface area (Å²) in [5, 5.41) is 11.6. The van der Waals surface area contributed by atoms with Crippen LogP contribution >= 0.6 is 15.9 Å². The molecule has 2 N–H and O–H groups in total. The molecule has 8 heteroatoms. The summed E-state index contributed by atoms with van der Waals surface area (Å²) >= 11 is 3.36. The number of hydrogen-bond donors (Lipinski definition) is 2. The molecule has 0 bridgehead atoms. The predicted molar refractivity (Wildman–Crippen MR) is 93.9 cm³/mol. The van der Waals surface area contributed by atoms with Crippen molar-refractivity contribution in [2.45, 2.75) is 11.8 Å². The molecular formula is C16H14BrN3O3S. The third-order valence-corrected chi connectivity index (χ3v) is 5.51. The quantitative estimate of drug-likeness (QED) is 0.794. The number of carbonyl (C=O) groups is 1. The van der Waals surface area contributed by atoms with Gasteiger partial charge < -0.3 is 5.32 Å². The molecule has 0 spiro atoms. The molecule has 124 valence electrons. The second kappa shape index (κ2) is 7.57. The van der Waals surface area contributed by atoms with E-state index in [-0.39, 0.29) is 10.5 Å². The van der Waals surface area contributed by atoms with E-state index in [0.29, 0.717) is 5.69 Å². The molecule has 0 saturated heterocycles. The number of rotatable bonds is 5. The lowest BCUT2D eigenvalue weighted by atomic mass is 10.2. The summed E-state index contributed by atoms with van der Waals surface area (Å²) in [4.78, 5) is 11.8. The largest absolute Gasteiger partial charge is 0.325 e. The number of amides is 1. The van der Waals surface area contributed by atoms with Crippen molar-refractivity contribution >= 4 is 37.5 Å². The van der Waals surface area contributed by atoms with Gasteiger partial charge in [0.15, 0.2) is 0 Å². The Morgan fingerprint density at radius 2 is 1.96 bits per heavy atom. The molecule has 0 saturated carbocycles. The van der Waals surface area contributed by atoms with Crippen molar-refractivity contribution in [3.63, 3.8) is 0 Å². The van der Waals surface area contributed by atoms with E-state index in [1.54, 1.807) is 24.3 Å². The average Bonchev–Trinajstić information content (AvgIpc) is 2.56.